The van der Waals surface area contributed by atoms with Crippen molar-refractivity contribution in [1.82, 2.24) is 15.5 Å². The first kappa shape index (κ1) is 13.5. The van der Waals surface area contributed by atoms with E-state index in [2.05, 4.69) is 36.2 Å². The van der Waals surface area contributed by atoms with E-state index in [0.717, 1.165) is 31.2 Å². The molecule has 0 spiro atoms. The molecule has 0 unspecified atom stereocenters. The zero-order valence-corrected chi connectivity index (χ0v) is 11.8. The molecule has 102 valence electrons. The van der Waals surface area contributed by atoms with Crippen LogP contribution in [0.25, 0.3) is 0 Å². The first-order valence-electron chi connectivity index (χ1n) is 7.14. The fraction of sp³-hybridized carbons (Fsp3) is 0.857. The first-order chi connectivity index (χ1) is 8.61. The lowest BCUT2D eigenvalue weighted by atomic mass is 9.73. The summed E-state index contributed by atoms with van der Waals surface area (Å²) in [6.07, 6.45) is 5.75. The van der Waals surface area contributed by atoms with E-state index in [9.17, 15) is 0 Å². The van der Waals surface area contributed by atoms with Crippen LogP contribution in [0, 0.1) is 5.41 Å². The summed E-state index contributed by atoms with van der Waals surface area (Å²) in [6, 6.07) is 0. The van der Waals surface area contributed by atoms with Gasteiger partial charge in [0.25, 0.3) is 0 Å². The van der Waals surface area contributed by atoms with Crippen molar-refractivity contribution >= 4 is 0 Å². The predicted octanol–water partition coefficient (Wildman–Crippen LogP) is 2.91. The Morgan fingerprint density at radius 1 is 1.33 bits per heavy atom. The van der Waals surface area contributed by atoms with Crippen LogP contribution in [-0.2, 0) is 6.42 Å². The van der Waals surface area contributed by atoms with Gasteiger partial charge >= 0.3 is 0 Å². The van der Waals surface area contributed by atoms with Crippen molar-refractivity contribution < 1.29 is 4.52 Å². The lowest BCUT2D eigenvalue weighted by Crippen LogP contribution is -2.20. The molecule has 1 aliphatic carbocycles. The van der Waals surface area contributed by atoms with Gasteiger partial charge in [0.05, 0.1) is 0 Å². The van der Waals surface area contributed by atoms with E-state index < -0.39 is 0 Å². The summed E-state index contributed by atoms with van der Waals surface area (Å²) in [5.41, 5.74) is 0.494. The van der Waals surface area contributed by atoms with Crippen molar-refractivity contribution in [3.63, 3.8) is 0 Å². The average Bonchev–Trinajstić information content (AvgIpc) is 2.78. The van der Waals surface area contributed by atoms with Crippen LogP contribution in [0.3, 0.4) is 0 Å². The minimum Gasteiger partial charge on any atom is -0.339 e. The van der Waals surface area contributed by atoms with Crippen molar-refractivity contribution in [3.8, 4) is 0 Å². The third kappa shape index (κ3) is 3.55. The maximum atomic E-state index is 5.32. The zero-order valence-electron chi connectivity index (χ0n) is 11.8. The molecular weight excluding hydrogens is 226 g/mol. The number of aromatic nitrogens is 2. The molecule has 18 heavy (non-hydrogen) atoms. The third-order valence-electron chi connectivity index (χ3n) is 3.95. The smallest absolute Gasteiger partial charge is 0.227 e. The molecule has 0 atom stereocenters. The molecule has 4 heteroatoms. The lowest BCUT2D eigenvalue weighted by molar-refractivity contribution is 0.218. The molecule has 0 amide bonds. The van der Waals surface area contributed by atoms with Gasteiger partial charge in [-0.15, -0.1) is 0 Å². The highest BCUT2D eigenvalue weighted by atomic mass is 16.5. The Bertz CT molecular complexity index is 363. The van der Waals surface area contributed by atoms with Gasteiger partial charge in [-0.25, -0.2) is 0 Å². The molecule has 1 N–H and O–H groups in total. The summed E-state index contributed by atoms with van der Waals surface area (Å²) < 4.78 is 5.32. The van der Waals surface area contributed by atoms with Gasteiger partial charge in [0.2, 0.25) is 5.89 Å². The minimum absolute atomic E-state index is 0.494. The molecule has 1 heterocycles. The van der Waals surface area contributed by atoms with Gasteiger partial charge in [-0.05, 0) is 37.6 Å². The number of likely N-dealkylation sites (N-methyl/N-ethyl adjacent to an activating group) is 1. The predicted molar refractivity (Wildman–Crippen MR) is 71.5 cm³/mol. The van der Waals surface area contributed by atoms with Gasteiger partial charge in [-0.1, -0.05) is 25.9 Å². The second kappa shape index (κ2) is 5.83. The molecule has 1 aromatic rings. The Hall–Kier alpha value is -0.900. The van der Waals surface area contributed by atoms with Gasteiger partial charge in [-0.2, -0.15) is 4.98 Å². The van der Waals surface area contributed by atoms with Crippen LogP contribution in [0.1, 0.15) is 64.1 Å². The van der Waals surface area contributed by atoms with Crippen molar-refractivity contribution in [1.29, 1.82) is 0 Å². The standard InChI is InChI=1S/C14H25N3O/c1-4-15-10-7-12-16-13(17-18-12)11-5-8-14(2,3)9-6-11/h11,15H,4-10H2,1-3H3. The quantitative estimate of drug-likeness (QED) is 0.818. The SMILES string of the molecule is CCNCCc1nc(C2CCC(C)(C)CC2)no1. The van der Waals surface area contributed by atoms with E-state index in [1.807, 2.05) is 0 Å². The van der Waals surface area contributed by atoms with Gasteiger partial charge < -0.3 is 9.84 Å². The maximum Gasteiger partial charge on any atom is 0.227 e. The van der Waals surface area contributed by atoms with E-state index in [0.29, 0.717) is 11.3 Å². The van der Waals surface area contributed by atoms with Crippen LogP contribution in [0.2, 0.25) is 0 Å². The van der Waals surface area contributed by atoms with Crippen LogP contribution < -0.4 is 5.32 Å². The highest BCUT2D eigenvalue weighted by Gasteiger charge is 2.29. The summed E-state index contributed by atoms with van der Waals surface area (Å²) in [5, 5.41) is 7.42. The second-order valence-electron chi connectivity index (χ2n) is 6.09. The minimum atomic E-state index is 0.494. The van der Waals surface area contributed by atoms with E-state index in [1.54, 1.807) is 0 Å². The Labute approximate surface area is 110 Å². The molecule has 1 fully saturated rings. The van der Waals surface area contributed by atoms with Gasteiger partial charge in [-0.3, -0.25) is 0 Å². The average molecular weight is 251 g/mol. The van der Waals surface area contributed by atoms with Crippen molar-refractivity contribution in [2.75, 3.05) is 13.1 Å². The topological polar surface area (TPSA) is 51.0 Å². The number of hydrogen-bond acceptors (Lipinski definition) is 4. The molecular formula is C14H25N3O. The molecule has 0 aromatic carbocycles. The fourth-order valence-electron chi connectivity index (χ4n) is 2.56. The Morgan fingerprint density at radius 3 is 2.72 bits per heavy atom. The van der Waals surface area contributed by atoms with Crippen molar-refractivity contribution in [3.05, 3.63) is 11.7 Å². The molecule has 2 rings (SSSR count). The van der Waals surface area contributed by atoms with E-state index in [1.165, 1.54) is 25.7 Å². The summed E-state index contributed by atoms with van der Waals surface area (Å²) in [4.78, 5) is 4.54. The summed E-state index contributed by atoms with van der Waals surface area (Å²) in [5.74, 6) is 2.21. The van der Waals surface area contributed by atoms with Crippen LogP contribution in [-0.4, -0.2) is 23.2 Å². The highest BCUT2D eigenvalue weighted by molar-refractivity contribution is 4.99. The van der Waals surface area contributed by atoms with E-state index in [-0.39, 0.29) is 0 Å². The highest BCUT2D eigenvalue weighted by Crippen LogP contribution is 2.41. The molecule has 0 bridgehead atoms. The maximum absolute atomic E-state index is 5.32. The molecule has 1 aromatic heterocycles. The monoisotopic (exact) mass is 251 g/mol. The number of nitrogens with zero attached hydrogens (tertiary/aromatic N) is 2. The van der Waals surface area contributed by atoms with Gasteiger partial charge in [0.15, 0.2) is 5.82 Å². The normalized spacial score (nSPS) is 20.2. The summed E-state index contributed by atoms with van der Waals surface area (Å²) in [6.45, 7) is 8.69. The molecule has 1 aliphatic rings. The second-order valence-corrected chi connectivity index (χ2v) is 6.09. The Morgan fingerprint density at radius 2 is 2.06 bits per heavy atom. The molecule has 1 saturated carbocycles. The fourth-order valence-corrected chi connectivity index (χ4v) is 2.56. The molecule has 0 radical (unpaired) electrons. The zero-order chi connectivity index (χ0) is 13.0. The summed E-state index contributed by atoms with van der Waals surface area (Å²) in [7, 11) is 0. The Kier molecular flexibility index (Phi) is 4.38. The van der Waals surface area contributed by atoms with Gasteiger partial charge in [0, 0.05) is 18.9 Å². The van der Waals surface area contributed by atoms with Crippen molar-refractivity contribution in [2.24, 2.45) is 5.41 Å². The van der Waals surface area contributed by atoms with Gasteiger partial charge in [0.1, 0.15) is 0 Å². The number of rotatable bonds is 5. The number of hydrogen-bond donors (Lipinski definition) is 1. The van der Waals surface area contributed by atoms with Crippen molar-refractivity contribution in [2.45, 2.75) is 58.8 Å². The lowest BCUT2D eigenvalue weighted by Gasteiger charge is -2.32. The van der Waals surface area contributed by atoms with E-state index in [4.69, 9.17) is 4.52 Å². The van der Waals surface area contributed by atoms with Crippen LogP contribution in [0.5, 0.6) is 0 Å². The van der Waals surface area contributed by atoms with Crippen LogP contribution >= 0.6 is 0 Å². The first-order valence-corrected chi connectivity index (χ1v) is 7.14. The van der Waals surface area contributed by atoms with Crippen LogP contribution in [0.4, 0.5) is 0 Å². The Balaban J connectivity index is 1.86. The molecule has 0 saturated heterocycles. The van der Waals surface area contributed by atoms with Crippen LogP contribution in [0.15, 0.2) is 4.52 Å². The van der Waals surface area contributed by atoms with E-state index >= 15 is 0 Å². The third-order valence-corrected chi connectivity index (χ3v) is 3.95. The molecule has 4 nitrogen and oxygen atoms in total. The molecule has 0 aliphatic heterocycles. The largest absolute Gasteiger partial charge is 0.339 e. The summed E-state index contributed by atoms with van der Waals surface area (Å²) >= 11 is 0. The number of nitrogens with one attached hydrogen (secondary N) is 1.